The fraction of sp³-hybridized carbons (Fsp3) is 0.231. The van der Waals surface area contributed by atoms with Crippen molar-refractivity contribution in [3.63, 3.8) is 0 Å². The molecule has 0 saturated heterocycles. The fourth-order valence-corrected chi connectivity index (χ4v) is 2.34. The lowest BCUT2D eigenvalue weighted by molar-refractivity contribution is -0.0494. The first-order valence-corrected chi connectivity index (χ1v) is 6.97. The molecule has 0 amide bonds. The molecule has 0 fully saturated rings. The van der Waals surface area contributed by atoms with Crippen LogP contribution in [0.4, 0.5) is 14.6 Å². The molecule has 0 bridgehead atoms. The minimum Gasteiger partial charge on any atom is -0.434 e. The van der Waals surface area contributed by atoms with Gasteiger partial charge in [0.2, 0.25) is 0 Å². The molecule has 0 aliphatic heterocycles. The van der Waals surface area contributed by atoms with E-state index in [0.717, 1.165) is 9.26 Å². The van der Waals surface area contributed by atoms with Crippen LogP contribution in [0.5, 0.6) is 5.75 Å². The van der Waals surface area contributed by atoms with Crippen molar-refractivity contribution in [3.8, 4) is 17.1 Å². The summed E-state index contributed by atoms with van der Waals surface area (Å²) in [4.78, 5) is 8.52. The molecule has 1 aromatic carbocycles. The Kier molecular flexibility index (Phi) is 4.69. The van der Waals surface area contributed by atoms with Crippen LogP contribution >= 0.6 is 22.6 Å². The summed E-state index contributed by atoms with van der Waals surface area (Å²) in [5, 5.41) is 0. The number of hydrogen-bond donors (Lipinski definition) is 1. The van der Waals surface area contributed by atoms with Crippen LogP contribution in [0.3, 0.4) is 0 Å². The fourth-order valence-electron chi connectivity index (χ4n) is 1.72. The second-order valence-corrected chi connectivity index (χ2v) is 5.00. The predicted molar refractivity (Wildman–Crippen MR) is 80.6 cm³/mol. The van der Waals surface area contributed by atoms with Gasteiger partial charge in [0.05, 0.1) is 14.8 Å². The van der Waals surface area contributed by atoms with E-state index in [1.54, 1.807) is 18.2 Å². The quantitative estimate of drug-likeness (QED) is 0.811. The van der Waals surface area contributed by atoms with Crippen molar-refractivity contribution in [2.24, 2.45) is 0 Å². The van der Waals surface area contributed by atoms with E-state index in [0.29, 0.717) is 17.8 Å². The van der Waals surface area contributed by atoms with E-state index < -0.39 is 6.61 Å². The number of nitrogens with zero attached hydrogens (tertiary/aromatic N) is 2. The van der Waals surface area contributed by atoms with Crippen molar-refractivity contribution in [1.29, 1.82) is 0 Å². The van der Waals surface area contributed by atoms with Crippen molar-refractivity contribution in [3.05, 3.63) is 33.5 Å². The molecule has 1 heterocycles. The minimum absolute atomic E-state index is 0.0326. The number of alkyl halides is 2. The third-order valence-electron chi connectivity index (χ3n) is 2.62. The highest BCUT2D eigenvalue weighted by Crippen LogP contribution is 2.30. The van der Waals surface area contributed by atoms with Gasteiger partial charge < -0.3 is 10.5 Å². The summed E-state index contributed by atoms with van der Waals surface area (Å²) in [7, 11) is 0. The lowest BCUT2D eigenvalue weighted by Crippen LogP contribution is -2.07. The number of nitrogens with two attached hydrogens (primary N) is 1. The van der Waals surface area contributed by atoms with Crippen LogP contribution in [0, 0.1) is 3.57 Å². The van der Waals surface area contributed by atoms with Gasteiger partial charge in [0, 0.05) is 0 Å². The van der Waals surface area contributed by atoms with Crippen molar-refractivity contribution >= 4 is 28.4 Å². The maximum absolute atomic E-state index is 12.4. The van der Waals surface area contributed by atoms with Gasteiger partial charge in [-0.3, -0.25) is 0 Å². The Balaban J connectivity index is 2.54. The number of aryl methyl sites for hydroxylation is 1. The van der Waals surface area contributed by atoms with Crippen LogP contribution in [-0.2, 0) is 6.42 Å². The van der Waals surface area contributed by atoms with Gasteiger partial charge in [0.15, 0.2) is 5.82 Å². The first-order chi connectivity index (χ1) is 9.52. The molecule has 0 unspecified atom stereocenters. The zero-order valence-electron chi connectivity index (χ0n) is 10.6. The Bertz CT molecular complexity index is 623. The Morgan fingerprint density at radius 2 is 2.00 bits per heavy atom. The van der Waals surface area contributed by atoms with Gasteiger partial charge in [-0.05, 0) is 41.1 Å². The summed E-state index contributed by atoms with van der Waals surface area (Å²) >= 11 is 2.07. The highest BCUT2D eigenvalue weighted by atomic mass is 127. The summed E-state index contributed by atoms with van der Waals surface area (Å²) in [6.45, 7) is -0.960. The topological polar surface area (TPSA) is 61.0 Å². The zero-order valence-corrected chi connectivity index (χ0v) is 12.8. The van der Waals surface area contributed by atoms with Crippen molar-refractivity contribution in [1.82, 2.24) is 9.97 Å². The molecule has 0 radical (unpaired) electrons. The molecule has 106 valence electrons. The van der Waals surface area contributed by atoms with Gasteiger partial charge in [-0.2, -0.15) is 8.78 Å². The number of nitrogen functional groups attached to an aromatic ring is 1. The molecular formula is C13H12F2IN3O. The minimum atomic E-state index is -2.90. The first-order valence-electron chi connectivity index (χ1n) is 5.89. The maximum Gasteiger partial charge on any atom is 0.387 e. The second-order valence-electron chi connectivity index (χ2n) is 3.92. The first kappa shape index (κ1) is 14.9. The molecule has 7 heteroatoms. The van der Waals surface area contributed by atoms with Crippen LogP contribution < -0.4 is 10.5 Å². The van der Waals surface area contributed by atoms with Crippen LogP contribution in [0.15, 0.2) is 24.3 Å². The Labute approximate surface area is 128 Å². The molecule has 2 rings (SSSR count). The monoisotopic (exact) mass is 391 g/mol. The lowest BCUT2D eigenvalue weighted by atomic mass is 10.2. The van der Waals surface area contributed by atoms with E-state index in [-0.39, 0.29) is 11.6 Å². The molecular weight excluding hydrogens is 379 g/mol. The van der Waals surface area contributed by atoms with E-state index in [1.807, 2.05) is 6.92 Å². The standard InChI is InChI=1S/C13H12F2IN3O/c1-2-8-10(16)11(17)19-12(18-8)7-5-3-4-6-9(7)20-13(14)15/h3-6,13H,2H2,1H3,(H2,17,18,19). The van der Waals surface area contributed by atoms with Gasteiger partial charge in [-0.25, -0.2) is 9.97 Å². The normalized spacial score (nSPS) is 10.8. The number of aromatic nitrogens is 2. The summed E-state index contributed by atoms with van der Waals surface area (Å²) in [6, 6.07) is 6.39. The molecule has 20 heavy (non-hydrogen) atoms. The number of ether oxygens (including phenoxy) is 1. The number of rotatable bonds is 4. The Morgan fingerprint density at radius 3 is 2.65 bits per heavy atom. The molecule has 0 spiro atoms. The van der Waals surface area contributed by atoms with Gasteiger partial charge in [0.1, 0.15) is 11.6 Å². The SMILES string of the molecule is CCc1nc(-c2ccccc2OC(F)F)nc(N)c1I. The highest BCUT2D eigenvalue weighted by Gasteiger charge is 2.15. The highest BCUT2D eigenvalue weighted by molar-refractivity contribution is 14.1. The average molecular weight is 391 g/mol. The molecule has 0 aliphatic rings. The smallest absolute Gasteiger partial charge is 0.387 e. The summed E-state index contributed by atoms with van der Waals surface area (Å²) < 4.78 is 30.1. The molecule has 2 aromatic rings. The van der Waals surface area contributed by atoms with Crippen molar-refractivity contribution in [2.75, 3.05) is 5.73 Å². The molecule has 4 nitrogen and oxygen atoms in total. The number of anilines is 1. The van der Waals surface area contributed by atoms with E-state index in [1.165, 1.54) is 6.07 Å². The van der Waals surface area contributed by atoms with Gasteiger partial charge in [-0.15, -0.1) is 0 Å². The third-order valence-corrected chi connectivity index (χ3v) is 3.80. The Morgan fingerprint density at radius 1 is 1.30 bits per heavy atom. The van der Waals surface area contributed by atoms with Crippen LogP contribution in [0.25, 0.3) is 11.4 Å². The number of halogens is 3. The van der Waals surface area contributed by atoms with E-state index >= 15 is 0 Å². The van der Waals surface area contributed by atoms with Crippen LogP contribution in [0.2, 0.25) is 0 Å². The molecule has 1 aromatic heterocycles. The molecule has 0 atom stereocenters. The second kappa shape index (κ2) is 6.29. The van der Waals surface area contributed by atoms with Gasteiger partial charge in [0.25, 0.3) is 0 Å². The van der Waals surface area contributed by atoms with Crippen LogP contribution in [0.1, 0.15) is 12.6 Å². The van der Waals surface area contributed by atoms with Gasteiger partial charge >= 0.3 is 6.61 Å². The summed E-state index contributed by atoms with van der Waals surface area (Å²) in [5.41, 5.74) is 7.01. The number of hydrogen-bond acceptors (Lipinski definition) is 4. The van der Waals surface area contributed by atoms with E-state index in [4.69, 9.17) is 5.73 Å². The van der Waals surface area contributed by atoms with Crippen LogP contribution in [-0.4, -0.2) is 16.6 Å². The molecule has 0 saturated carbocycles. The van der Waals surface area contributed by atoms with Crippen molar-refractivity contribution < 1.29 is 13.5 Å². The number of para-hydroxylation sites is 1. The van der Waals surface area contributed by atoms with E-state index in [2.05, 4.69) is 37.3 Å². The van der Waals surface area contributed by atoms with Crippen molar-refractivity contribution in [2.45, 2.75) is 20.0 Å². The van der Waals surface area contributed by atoms with Gasteiger partial charge in [-0.1, -0.05) is 19.1 Å². The molecule has 2 N–H and O–H groups in total. The lowest BCUT2D eigenvalue weighted by Gasteiger charge is -2.11. The Hall–Kier alpha value is -1.51. The van der Waals surface area contributed by atoms with E-state index in [9.17, 15) is 8.78 Å². The average Bonchev–Trinajstić information content (AvgIpc) is 2.42. The largest absolute Gasteiger partial charge is 0.434 e. The summed E-state index contributed by atoms with van der Waals surface area (Å²) in [6.07, 6.45) is 0.676. The maximum atomic E-state index is 12.4. The summed E-state index contributed by atoms with van der Waals surface area (Å²) in [5.74, 6) is 0.653. The number of benzene rings is 1. The molecule has 0 aliphatic carbocycles. The zero-order chi connectivity index (χ0) is 14.7. The third kappa shape index (κ3) is 3.14. The predicted octanol–water partition coefficient (Wildman–Crippen LogP) is 3.49.